The minimum Gasteiger partial charge on any atom is -0.384 e. The molecule has 0 bridgehead atoms. The maximum atomic E-state index is 12.2. The van der Waals surface area contributed by atoms with E-state index in [2.05, 4.69) is 18.9 Å². The molecule has 0 aromatic carbocycles. The molecule has 0 aliphatic carbocycles. The van der Waals surface area contributed by atoms with Crippen LogP contribution in [0.2, 0.25) is 0 Å². The highest BCUT2D eigenvalue weighted by Gasteiger charge is 2.26. The largest absolute Gasteiger partial charge is 0.384 e. The van der Waals surface area contributed by atoms with Crippen LogP contribution in [0.5, 0.6) is 0 Å². The van der Waals surface area contributed by atoms with Crippen molar-refractivity contribution in [2.45, 2.75) is 40.2 Å². The Balaban J connectivity index is 1.89. The molecule has 1 saturated heterocycles. The molecule has 1 aliphatic heterocycles. The van der Waals surface area contributed by atoms with Gasteiger partial charge in [-0.25, -0.2) is 4.68 Å². The van der Waals surface area contributed by atoms with Crippen molar-refractivity contribution in [1.82, 2.24) is 14.7 Å². The van der Waals surface area contributed by atoms with Crippen molar-refractivity contribution < 1.29 is 4.79 Å². The second kappa shape index (κ2) is 5.63. The Morgan fingerprint density at radius 2 is 2.32 bits per heavy atom. The van der Waals surface area contributed by atoms with Crippen molar-refractivity contribution in [3.05, 3.63) is 11.8 Å². The molecule has 1 fully saturated rings. The van der Waals surface area contributed by atoms with Gasteiger partial charge in [0.25, 0.3) is 0 Å². The summed E-state index contributed by atoms with van der Waals surface area (Å²) in [7, 11) is 0. The molecule has 2 N–H and O–H groups in total. The number of hydrogen-bond donors (Lipinski definition) is 1. The lowest BCUT2D eigenvalue weighted by atomic mass is 9.97. The number of aromatic nitrogens is 2. The van der Waals surface area contributed by atoms with Crippen molar-refractivity contribution >= 4 is 11.7 Å². The Hall–Kier alpha value is -1.52. The lowest BCUT2D eigenvalue weighted by molar-refractivity contribution is -0.131. The zero-order valence-electron chi connectivity index (χ0n) is 12.1. The number of nitrogens with zero attached hydrogens (tertiary/aromatic N) is 3. The normalized spacial score (nSPS) is 19.4. The Labute approximate surface area is 114 Å². The van der Waals surface area contributed by atoms with Gasteiger partial charge in [-0.3, -0.25) is 4.79 Å². The molecule has 0 radical (unpaired) electrons. The van der Waals surface area contributed by atoms with Gasteiger partial charge in [0.05, 0.1) is 5.69 Å². The molecule has 5 heteroatoms. The fourth-order valence-electron chi connectivity index (χ4n) is 2.84. The van der Waals surface area contributed by atoms with E-state index in [1.807, 2.05) is 11.8 Å². The highest BCUT2D eigenvalue weighted by molar-refractivity contribution is 5.76. The summed E-state index contributed by atoms with van der Waals surface area (Å²) >= 11 is 0. The number of carbonyl (C=O) groups is 1. The summed E-state index contributed by atoms with van der Waals surface area (Å²) in [5.74, 6) is 2.04. The van der Waals surface area contributed by atoms with Crippen LogP contribution in [-0.2, 0) is 11.3 Å². The van der Waals surface area contributed by atoms with Crippen LogP contribution in [0.15, 0.2) is 6.07 Å². The van der Waals surface area contributed by atoms with E-state index in [0.717, 1.165) is 25.2 Å². The Bertz CT molecular complexity index is 452. The van der Waals surface area contributed by atoms with Crippen molar-refractivity contribution in [3.63, 3.8) is 0 Å². The molecule has 19 heavy (non-hydrogen) atoms. The summed E-state index contributed by atoms with van der Waals surface area (Å²) in [4.78, 5) is 14.2. The number of nitrogen functional groups attached to an aromatic ring is 1. The van der Waals surface area contributed by atoms with E-state index >= 15 is 0 Å². The molecule has 1 amide bonds. The van der Waals surface area contributed by atoms with Gasteiger partial charge in [-0.05, 0) is 31.6 Å². The van der Waals surface area contributed by atoms with Gasteiger partial charge in [-0.2, -0.15) is 5.10 Å². The third-order valence-electron chi connectivity index (χ3n) is 3.66. The van der Waals surface area contributed by atoms with Crippen molar-refractivity contribution in [2.24, 2.45) is 11.8 Å². The first-order chi connectivity index (χ1) is 8.95. The Morgan fingerprint density at radius 1 is 1.58 bits per heavy atom. The Morgan fingerprint density at radius 3 is 2.89 bits per heavy atom. The van der Waals surface area contributed by atoms with Gasteiger partial charge in [0.2, 0.25) is 5.91 Å². The monoisotopic (exact) mass is 264 g/mol. The molecule has 1 atom stereocenters. The van der Waals surface area contributed by atoms with Crippen molar-refractivity contribution in [1.29, 1.82) is 0 Å². The van der Waals surface area contributed by atoms with Gasteiger partial charge in [0.15, 0.2) is 0 Å². The summed E-state index contributed by atoms with van der Waals surface area (Å²) in [5.41, 5.74) is 6.66. The van der Waals surface area contributed by atoms with E-state index in [0.29, 0.717) is 17.7 Å². The summed E-state index contributed by atoms with van der Waals surface area (Å²) in [6, 6.07) is 1.79. The van der Waals surface area contributed by atoms with Crippen LogP contribution in [0, 0.1) is 18.8 Å². The van der Waals surface area contributed by atoms with Gasteiger partial charge in [0.1, 0.15) is 12.4 Å². The molecule has 5 nitrogen and oxygen atoms in total. The Kier molecular flexibility index (Phi) is 4.12. The summed E-state index contributed by atoms with van der Waals surface area (Å²) in [6.07, 6.45) is 2.32. The molecule has 0 unspecified atom stereocenters. The van der Waals surface area contributed by atoms with Crippen LogP contribution in [0.4, 0.5) is 5.82 Å². The first-order valence-corrected chi connectivity index (χ1v) is 7.03. The molecule has 2 rings (SSSR count). The highest BCUT2D eigenvalue weighted by atomic mass is 16.2. The SMILES string of the molecule is Cc1cc(N)n(CC(=O)N2CC[C@H](CC(C)C)C2)n1. The van der Waals surface area contributed by atoms with Gasteiger partial charge >= 0.3 is 0 Å². The molecule has 106 valence electrons. The molecular formula is C14H24N4O. The average Bonchev–Trinajstić information content (AvgIpc) is 2.86. The van der Waals surface area contributed by atoms with Gasteiger partial charge in [-0.15, -0.1) is 0 Å². The second-order valence-corrected chi connectivity index (χ2v) is 5.99. The molecule has 1 aromatic heterocycles. The average molecular weight is 264 g/mol. The van der Waals surface area contributed by atoms with Gasteiger partial charge < -0.3 is 10.6 Å². The molecular weight excluding hydrogens is 240 g/mol. The van der Waals surface area contributed by atoms with E-state index < -0.39 is 0 Å². The molecule has 1 aromatic rings. The summed E-state index contributed by atoms with van der Waals surface area (Å²) in [5, 5.41) is 4.23. The number of anilines is 1. The predicted molar refractivity (Wildman–Crippen MR) is 75.5 cm³/mol. The molecule has 0 spiro atoms. The number of hydrogen-bond acceptors (Lipinski definition) is 3. The first-order valence-electron chi connectivity index (χ1n) is 7.03. The molecule has 1 aliphatic rings. The standard InChI is InChI=1S/C14H24N4O/c1-10(2)6-12-4-5-17(8-12)14(19)9-18-13(15)7-11(3)16-18/h7,10,12H,4-6,8-9,15H2,1-3H3/t12-/m1/s1. The van der Waals surface area contributed by atoms with Crippen molar-refractivity contribution in [3.8, 4) is 0 Å². The summed E-state index contributed by atoms with van der Waals surface area (Å²) in [6.45, 7) is 8.36. The van der Waals surface area contributed by atoms with E-state index in [4.69, 9.17) is 5.73 Å². The fraction of sp³-hybridized carbons (Fsp3) is 0.714. The van der Waals surface area contributed by atoms with Crippen LogP contribution in [0.3, 0.4) is 0 Å². The van der Waals surface area contributed by atoms with Crippen LogP contribution in [0.1, 0.15) is 32.4 Å². The zero-order chi connectivity index (χ0) is 14.0. The van der Waals surface area contributed by atoms with Gasteiger partial charge in [-0.1, -0.05) is 13.8 Å². The number of nitrogens with two attached hydrogens (primary N) is 1. The number of aryl methyl sites for hydroxylation is 1. The second-order valence-electron chi connectivity index (χ2n) is 5.99. The zero-order valence-corrected chi connectivity index (χ0v) is 12.1. The third-order valence-corrected chi connectivity index (χ3v) is 3.66. The first kappa shape index (κ1) is 13.9. The number of carbonyl (C=O) groups excluding carboxylic acids is 1. The van der Waals surface area contributed by atoms with E-state index in [9.17, 15) is 4.79 Å². The van der Waals surface area contributed by atoms with Gasteiger partial charge in [0, 0.05) is 19.2 Å². The van der Waals surface area contributed by atoms with E-state index in [1.165, 1.54) is 6.42 Å². The highest BCUT2D eigenvalue weighted by Crippen LogP contribution is 2.23. The van der Waals surface area contributed by atoms with E-state index in [1.54, 1.807) is 10.7 Å². The topological polar surface area (TPSA) is 64.2 Å². The predicted octanol–water partition coefficient (Wildman–Crippen LogP) is 1.67. The summed E-state index contributed by atoms with van der Waals surface area (Å²) < 4.78 is 1.59. The van der Waals surface area contributed by atoms with E-state index in [-0.39, 0.29) is 12.5 Å². The molecule has 0 saturated carbocycles. The third kappa shape index (κ3) is 3.49. The lowest BCUT2D eigenvalue weighted by Gasteiger charge is -2.17. The van der Waals surface area contributed by atoms with Crippen molar-refractivity contribution in [2.75, 3.05) is 18.8 Å². The smallest absolute Gasteiger partial charge is 0.244 e. The number of rotatable bonds is 4. The maximum Gasteiger partial charge on any atom is 0.244 e. The lowest BCUT2D eigenvalue weighted by Crippen LogP contribution is -2.32. The minimum absolute atomic E-state index is 0.126. The van der Waals surface area contributed by atoms with Crippen LogP contribution < -0.4 is 5.73 Å². The van der Waals surface area contributed by atoms with Crippen LogP contribution in [0.25, 0.3) is 0 Å². The van der Waals surface area contributed by atoms with Crippen LogP contribution in [-0.4, -0.2) is 33.7 Å². The number of amides is 1. The molecule has 2 heterocycles. The quantitative estimate of drug-likeness (QED) is 0.899. The minimum atomic E-state index is 0.126. The fourth-order valence-corrected chi connectivity index (χ4v) is 2.84. The number of likely N-dealkylation sites (tertiary alicyclic amines) is 1. The van der Waals surface area contributed by atoms with Crippen LogP contribution >= 0.6 is 0 Å². The maximum absolute atomic E-state index is 12.2.